The number of ether oxygens (including phenoxy) is 1. The fraction of sp³-hybridized carbons (Fsp3) is 0.562. The Balaban J connectivity index is 2.16. The lowest BCUT2D eigenvalue weighted by Crippen LogP contribution is -2.16. The van der Waals surface area contributed by atoms with Crippen LogP contribution in [0.4, 0.5) is 0 Å². The first-order chi connectivity index (χ1) is 9.65. The average molecular weight is 293 g/mol. The summed E-state index contributed by atoms with van der Waals surface area (Å²) in [4.78, 5) is 4.69. The summed E-state index contributed by atoms with van der Waals surface area (Å²) >= 11 is 6.13. The standard InChI is InChI=1S/C16H21ClN2O/c1-10-4-7-14(11(10)2)19-15-8-12(20-3)5-6-13(15)18-16(19)9-17/h5-6,8,10-11,14H,4,7,9H2,1-3H3. The molecule has 1 heterocycles. The monoisotopic (exact) mass is 292 g/mol. The predicted molar refractivity (Wildman–Crippen MR) is 82.4 cm³/mol. The summed E-state index contributed by atoms with van der Waals surface area (Å²) in [6.45, 7) is 4.68. The molecule has 1 fully saturated rings. The zero-order valence-electron chi connectivity index (χ0n) is 12.3. The Morgan fingerprint density at radius 1 is 1.35 bits per heavy atom. The number of imidazole rings is 1. The molecule has 1 aromatic heterocycles. The third-order valence-corrected chi connectivity index (χ3v) is 5.08. The van der Waals surface area contributed by atoms with E-state index in [0.29, 0.717) is 17.8 Å². The third-order valence-electron chi connectivity index (χ3n) is 4.84. The van der Waals surface area contributed by atoms with Crippen molar-refractivity contribution in [1.82, 2.24) is 9.55 Å². The largest absolute Gasteiger partial charge is 0.497 e. The highest BCUT2D eigenvalue weighted by molar-refractivity contribution is 6.16. The summed E-state index contributed by atoms with van der Waals surface area (Å²) in [6, 6.07) is 6.55. The summed E-state index contributed by atoms with van der Waals surface area (Å²) in [6.07, 6.45) is 2.48. The molecule has 3 rings (SSSR count). The summed E-state index contributed by atoms with van der Waals surface area (Å²) in [5.74, 6) is 3.71. The van der Waals surface area contributed by atoms with Gasteiger partial charge >= 0.3 is 0 Å². The van der Waals surface area contributed by atoms with Crippen LogP contribution in [-0.2, 0) is 5.88 Å². The molecule has 0 N–H and O–H groups in total. The van der Waals surface area contributed by atoms with Gasteiger partial charge in [-0.15, -0.1) is 11.6 Å². The van der Waals surface area contributed by atoms with Crippen molar-refractivity contribution in [2.75, 3.05) is 7.11 Å². The van der Waals surface area contributed by atoms with Crippen molar-refractivity contribution in [3.05, 3.63) is 24.0 Å². The van der Waals surface area contributed by atoms with Crippen LogP contribution < -0.4 is 4.74 Å². The number of benzene rings is 1. The quantitative estimate of drug-likeness (QED) is 0.785. The van der Waals surface area contributed by atoms with E-state index in [4.69, 9.17) is 16.3 Å². The van der Waals surface area contributed by atoms with Crippen LogP contribution in [-0.4, -0.2) is 16.7 Å². The molecule has 1 aromatic carbocycles. The fourth-order valence-corrected chi connectivity index (χ4v) is 3.61. The van der Waals surface area contributed by atoms with Crippen molar-refractivity contribution in [2.24, 2.45) is 11.8 Å². The molecule has 0 bridgehead atoms. The van der Waals surface area contributed by atoms with Crippen LogP contribution in [0.3, 0.4) is 0 Å². The minimum absolute atomic E-state index is 0.453. The van der Waals surface area contributed by atoms with Gasteiger partial charge in [0.25, 0.3) is 0 Å². The van der Waals surface area contributed by atoms with Crippen molar-refractivity contribution < 1.29 is 4.74 Å². The molecule has 0 radical (unpaired) electrons. The highest BCUT2D eigenvalue weighted by Gasteiger charge is 2.33. The van der Waals surface area contributed by atoms with E-state index < -0.39 is 0 Å². The van der Waals surface area contributed by atoms with Gasteiger partial charge < -0.3 is 9.30 Å². The van der Waals surface area contributed by atoms with Gasteiger partial charge in [-0.3, -0.25) is 0 Å². The molecule has 4 heteroatoms. The van der Waals surface area contributed by atoms with Crippen LogP contribution in [0.25, 0.3) is 11.0 Å². The number of aromatic nitrogens is 2. The summed E-state index contributed by atoms with van der Waals surface area (Å²) in [5, 5.41) is 0. The van der Waals surface area contributed by atoms with E-state index in [9.17, 15) is 0 Å². The van der Waals surface area contributed by atoms with Gasteiger partial charge in [0.1, 0.15) is 11.6 Å². The van der Waals surface area contributed by atoms with E-state index >= 15 is 0 Å². The zero-order valence-corrected chi connectivity index (χ0v) is 13.0. The molecule has 2 aromatic rings. The van der Waals surface area contributed by atoms with Gasteiger partial charge in [0.05, 0.1) is 24.0 Å². The van der Waals surface area contributed by atoms with Crippen LogP contribution in [0.5, 0.6) is 5.75 Å². The Bertz CT molecular complexity index is 622. The topological polar surface area (TPSA) is 27.1 Å². The van der Waals surface area contributed by atoms with Gasteiger partial charge in [-0.25, -0.2) is 4.98 Å². The maximum absolute atomic E-state index is 6.13. The number of hydrogen-bond donors (Lipinski definition) is 0. The lowest BCUT2D eigenvalue weighted by molar-refractivity contribution is 0.353. The van der Waals surface area contributed by atoms with Crippen molar-refractivity contribution in [3.8, 4) is 5.75 Å². The molecule has 0 spiro atoms. The van der Waals surface area contributed by atoms with Gasteiger partial charge in [0.15, 0.2) is 0 Å². The highest BCUT2D eigenvalue weighted by atomic mass is 35.5. The zero-order chi connectivity index (χ0) is 14.3. The van der Waals surface area contributed by atoms with E-state index in [1.165, 1.54) is 12.8 Å². The number of rotatable bonds is 3. The van der Waals surface area contributed by atoms with Gasteiger partial charge in [-0.1, -0.05) is 13.8 Å². The smallest absolute Gasteiger partial charge is 0.125 e. The van der Waals surface area contributed by atoms with Crippen LogP contribution in [0.1, 0.15) is 38.6 Å². The molecule has 3 unspecified atom stereocenters. The van der Waals surface area contributed by atoms with Crippen LogP contribution in [0.15, 0.2) is 18.2 Å². The molecule has 0 amide bonds. The number of alkyl halides is 1. The number of halogens is 1. The van der Waals surface area contributed by atoms with Gasteiger partial charge in [0, 0.05) is 12.1 Å². The Hall–Kier alpha value is -1.22. The number of methoxy groups -OCH3 is 1. The molecule has 20 heavy (non-hydrogen) atoms. The van der Waals surface area contributed by atoms with Crippen molar-refractivity contribution >= 4 is 22.6 Å². The first-order valence-corrected chi connectivity index (χ1v) is 7.80. The minimum Gasteiger partial charge on any atom is -0.497 e. The third kappa shape index (κ3) is 2.08. The van der Waals surface area contributed by atoms with Crippen molar-refractivity contribution in [1.29, 1.82) is 0 Å². The van der Waals surface area contributed by atoms with Gasteiger partial charge in [-0.2, -0.15) is 0 Å². The molecule has 0 saturated heterocycles. The molecular weight excluding hydrogens is 272 g/mol. The van der Waals surface area contributed by atoms with E-state index in [0.717, 1.165) is 28.5 Å². The second-order valence-corrected chi connectivity index (χ2v) is 6.13. The first kappa shape index (κ1) is 13.7. The first-order valence-electron chi connectivity index (χ1n) is 7.26. The van der Waals surface area contributed by atoms with E-state index in [1.54, 1.807) is 7.11 Å². The van der Waals surface area contributed by atoms with E-state index in [1.807, 2.05) is 12.1 Å². The molecule has 3 nitrogen and oxygen atoms in total. The van der Waals surface area contributed by atoms with Crippen LogP contribution in [0.2, 0.25) is 0 Å². The molecule has 108 valence electrons. The summed E-state index contributed by atoms with van der Waals surface area (Å²) < 4.78 is 7.70. The Morgan fingerprint density at radius 2 is 2.15 bits per heavy atom. The molecule has 1 saturated carbocycles. The Morgan fingerprint density at radius 3 is 2.75 bits per heavy atom. The number of fused-ring (bicyclic) bond motifs is 1. The molecular formula is C16H21ClN2O. The van der Waals surface area contributed by atoms with Gasteiger partial charge in [0.2, 0.25) is 0 Å². The second kappa shape index (κ2) is 5.28. The summed E-state index contributed by atoms with van der Waals surface area (Å²) in [7, 11) is 1.70. The molecule has 0 aliphatic heterocycles. The Labute approximate surface area is 124 Å². The highest BCUT2D eigenvalue weighted by Crippen LogP contribution is 2.42. The maximum Gasteiger partial charge on any atom is 0.125 e. The predicted octanol–water partition coefficient (Wildman–Crippen LogP) is 4.39. The lowest BCUT2D eigenvalue weighted by Gasteiger charge is -2.22. The Kier molecular flexibility index (Phi) is 3.63. The minimum atomic E-state index is 0.453. The number of nitrogens with zero attached hydrogens (tertiary/aromatic N) is 2. The number of hydrogen-bond acceptors (Lipinski definition) is 2. The SMILES string of the molecule is COc1ccc2nc(CCl)n(C3CCC(C)C3C)c2c1. The average Bonchev–Trinajstić information content (AvgIpc) is 2.99. The maximum atomic E-state index is 6.13. The van der Waals surface area contributed by atoms with E-state index in [-0.39, 0.29) is 0 Å². The van der Waals surface area contributed by atoms with Crippen molar-refractivity contribution in [2.45, 2.75) is 38.6 Å². The lowest BCUT2D eigenvalue weighted by atomic mass is 9.97. The molecule has 1 aliphatic carbocycles. The fourth-order valence-electron chi connectivity index (χ4n) is 3.42. The molecule has 1 aliphatic rings. The van der Waals surface area contributed by atoms with Crippen LogP contribution in [0, 0.1) is 11.8 Å². The molecule has 3 atom stereocenters. The normalized spacial score (nSPS) is 26.3. The second-order valence-electron chi connectivity index (χ2n) is 5.87. The van der Waals surface area contributed by atoms with Crippen LogP contribution >= 0.6 is 11.6 Å². The summed E-state index contributed by atoms with van der Waals surface area (Å²) in [5.41, 5.74) is 2.15. The van der Waals surface area contributed by atoms with Crippen molar-refractivity contribution in [3.63, 3.8) is 0 Å². The van der Waals surface area contributed by atoms with E-state index in [2.05, 4.69) is 29.5 Å². The van der Waals surface area contributed by atoms with Gasteiger partial charge in [-0.05, 0) is 36.8 Å².